The number of hydrogen-bond donors (Lipinski definition) is 2. The molecule has 0 aromatic rings. The molecule has 5 heteroatoms. The second-order valence-electron chi connectivity index (χ2n) is 6.53. The van der Waals surface area contributed by atoms with Crippen LogP contribution in [0.15, 0.2) is 0 Å². The zero-order valence-electron chi connectivity index (χ0n) is 12.4. The number of carboxylic acid groups (broad SMARTS) is 1. The van der Waals surface area contributed by atoms with E-state index in [2.05, 4.69) is 19.2 Å². The van der Waals surface area contributed by atoms with Crippen LogP contribution in [0.5, 0.6) is 0 Å². The van der Waals surface area contributed by atoms with Crippen LogP contribution in [-0.2, 0) is 4.79 Å². The predicted octanol–water partition coefficient (Wildman–Crippen LogP) is 2.32. The van der Waals surface area contributed by atoms with Gasteiger partial charge in [-0.3, -0.25) is 4.79 Å². The van der Waals surface area contributed by atoms with E-state index in [1.54, 1.807) is 14.0 Å². The Morgan fingerprint density at radius 3 is 2.63 bits per heavy atom. The number of aliphatic carboxylic acids is 1. The number of amides is 2. The molecule has 2 atom stereocenters. The van der Waals surface area contributed by atoms with Crippen molar-refractivity contribution in [2.45, 2.75) is 52.5 Å². The molecule has 1 fully saturated rings. The van der Waals surface area contributed by atoms with Crippen molar-refractivity contribution < 1.29 is 14.7 Å². The molecule has 1 aliphatic carbocycles. The van der Waals surface area contributed by atoms with Crippen molar-refractivity contribution in [3.8, 4) is 0 Å². The Hall–Kier alpha value is -1.26. The first-order chi connectivity index (χ1) is 8.71. The SMILES string of the molecule is CC(CN(C)C(=O)NC1CCCC(C)(C)C1)C(=O)O. The summed E-state index contributed by atoms with van der Waals surface area (Å²) in [4.78, 5) is 24.2. The largest absolute Gasteiger partial charge is 0.481 e. The van der Waals surface area contributed by atoms with E-state index < -0.39 is 11.9 Å². The second kappa shape index (κ2) is 6.26. The Bertz CT molecular complexity index is 342. The van der Waals surface area contributed by atoms with Crippen molar-refractivity contribution in [1.29, 1.82) is 0 Å². The van der Waals surface area contributed by atoms with E-state index >= 15 is 0 Å². The Balaban J connectivity index is 2.43. The Kier molecular flexibility index (Phi) is 5.20. The van der Waals surface area contributed by atoms with Crippen molar-refractivity contribution in [1.82, 2.24) is 10.2 Å². The van der Waals surface area contributed by atoms with Gasteiger partial charge in [-0.25, -0.2) is 4.79 Å². The molecule has 1 aliphatic rings. The molecule has 1 rings (SSSR count). The Labute approximate surface area is 115 Å². The number of carboxylic acids is 1. The summed E-state index contributed by atoms with van der Waals surface area (Å²) in [7, 11) is 1.64. The summed E-state index contributed by atoms with van der Waals surface area (Å²) in [6.45, 7) is 6.29. The minimum atomic E-state index is -0.876. The molecule has 2 amide bonds. The minimum absolute atomic E-state index is 0.171. The molecular weight excluding hydrogens is 244 g/mol. The van der Waals surface area contributed by atoms with Gasteiger partial charge in [0.2, 0.25) is 0 Å². The first-order valence-corrected chi connectivity index (χ1v) is 6.96. The summed E-state index contributed by atoms with van der Waals surface area (Å²) in [5, 5.41) is 11.9. The third-order valence-corrected chi connectivity index (χ3v) is 3.85. The van der Waals surface area contributed by atoms with Crippen molar-refractivity contribution in [2.24, 2.45) is 11.3 Å². The normalized spacial score (nSPS) is 23.5. The summed E-state index contributed by atoms with van der Waals surface area (Å²) in [5.74, 6) is -1.42. The molecule has 110 valence electrons. The van der Waals surface area contributed by atoms with E-state index in [-0.39, 0.29) is 24.0 Å². The van der Waals surface area contributed by atoms with Gasteiger partial charge in [-0.05, 0) is 24.7 Å². The number of urea groups is 1. The molecule has 0 aromatic carbocycles. The van der Waals surface area contributed by atoms with Crippen LogP contribution in [0, 0.1) is 11.3 Å². The van der Waals surface area contributed by atoms with Gasteiger partial charge in [-0.2, -0.15) is 0 Å². The Morgan fingerprint density at radius 2 is 2.11 bits per heavy atom. The van der Waals surface area contributed by atoms with Crippen LogP contribution in [0.3, 0.4) is 0 Å². The highest BCUT2D eigenvalue weighted by molar-refractivity contribution is 5.76. The van der Waals surface area contributed by atoms with Crippen LogP contribution in [0.4, 0.5) is 4.79 Å². The third kappa shape index (κ3) is 5.09. The summed E-state index contributed by atoms with van der Waals surface area (Å²) in [6.07, 6.45) is 4.33. The summed E-state index contributed by atoms with van der Waals surface area (Å²) >= 11 is 0. The van der Waals surface area contributed by atoms with Crippen LogP contribution in [0.25, 0.3) is 0 Å². The molecule has 5 nitrogen and oxygen atoms in total. The lowest BCUT2D eigenvalue weighted by Crippen LogP contribution is -2.47. The quantitative estimate of drug-likeness (QED) is 0.823. The zero-order valence-corrected chi connectivity index (χ0v) is 12.4. The fourth-order valence-electron chi connectivity index (χ4n) is 2.68. The van der Waals surface area contributed by atoms with Gasteiger partial charge in [0.25, 0.3) is 0 Å². The van der Waals surface area contributed by atoms with E-state index in [0.29, 0.717) is 0 Å². The topological polar surface area (TPSA) is 69.6 Å². The highest BCUT2D eigenvalue weighted by Gasteiger charge is 2.29. The molecule has 0 spiro atoms. The molecule has 1 saturated carbocycles. The van der Waals surface area contributed by atoms with Gasteiger partial charge >= 0.3 is 12.0 Å². The van der Waals surface area contributed by atoms with Crippen LogP contribution in [-0.4, -0.2) is 41.6 Å². The van der Waals surface area contributed by atoms with Gasteiger partial charge in [0.1, 0.15) is 0 Å². The molecule has 0 saturated heterocycles. The lowest BCUT2D eigenvalue weighted by molar-refractivity contribution is -0.141. The van der Waals surface area contributed by atoms with Gasteiger partial charge in [0, 0.05) is 19.6 Å². The predicted molar refractivity (Wildman–Crippen MR) is 74.0 cm³/mol. The molecule has 2 N–H and O–H groups in total. The monoisotopic (exact) mass is 270 g/mol. The highest BCUT2D eigenvalue weighted by atomic mass is 16.4. The third-order valence-electron chi connectivity index (χ3n) is 3.85. The average Bonchev–Trinajstić information content (AvgIpc) is 2.27. The van der Waals surface area contributed by atoms with Gasteiger partial charge in [0.15, 0.2) is 0 Å². The van der Waals surface area contributed by atoms with Crippen molar-refractivity contribution >= 4 is 12.0 Å². The number of hydrogen-bond acceptors (Lipinski definition) is 2. The first kappa shape index (κ1) is 15.8. The highest BCUT2D eigenvalue weighted by Crippen LogP contribution is 2.35. The van der Waals surface area contributed by atoms with Gasteiger partial charge in [0.05, 0.1) is 5.92 Å². The van der Waals surface area contributed by atoms with Gasteiger partial charge < -0.3 is 15.3 Å². The summed E-state index contributed by atoms with van der Waals surface area (Å²) < 4.78 is 0. The van der Waals surface area contributed by atoms with E-state index in [1.165, 1.54) is 11.3 Å². The maximum Gasteiger partial charge on any atom is 0.317 e. The molecule has 19 heavy (non-hydrogen) atoms. The van der Waals surface area contributed by atoms with Crippen LogP contribution < -0.4 is 5.32 Å². The second-order valence-corrected chi connectivity index (χ2v) is 6.53. The number of nitrogens with zero attached hydrogens (tertiary/aromatic N) is 1. The van der Waals surface area contributed by atoms with Crippen LogP contribution in [0.2, 0.25) is 0 Å². The van der Waals surface area contributed by atoms with Crippen molar-refractivity contribution in [3.63, 3.8) is 0 Å². The van der Waals surface area contributed by atoms with Crippen LogP contribution in [0.1, 0.15) is 46.5 Å². The lowest BCUT2D eigenvalue weighted by atomic mass is 9.75. The molecule has 0 heterocycles. The van der Waals surface area contributed by atoms with E-state index in [4.69, 9.17) is 5.11 Å². The molecule has 0 radical (unpaired) electrons. The lowest BCUT2D eigenvalue weighted by Gasteiger charge is -2.36. The Morgan fingerprint density at radius 1 is 1.47 bits per heavy atom. The summed E-state index contributed by atoms with van der Waals surface area (Å²) in [5.41, 5.74) is 0.281. The van der Waals surface area contributed by atoms with Crippen LogP contribution >= 0.6 is 0 Å². The van der Waals surface area contributed by atoms with E-state index in [1.807, 2.05) is 0 Å². The first-order valence-electron chi connectivity index (χ1n) is 6.96. The fourth-order valence-corrected chi connectivity index (χ4v) is 2.68. The summed E-state index contributed by atoms with van der Waals surface area (Å²) in [6, 6.07) is 0.0367. The van der Waals surface area contributed by atoms with Crippen molar-refractivity contribution in [2.75, 3.05) is 13.6 Å². The van der Waals surface area contributed by atoms with Gasteiger partial charge in [-0.1, -0.05) is 27.2 Å². The standard InChI is InChI=1S/C14H26N2O3/c1-10(12(17)18)9-16(4)13(19)15-11-6-5-7-14(2,3)8-11/h10-11H,5-9H2,1-4H3,(H,15,19)(H,17,18). The number of carbonyl (C=O) groups is 2. The average molecular weight is 270 g/mol. The van der Waals surface area contributed by atoms with E-state index in [9.17, 15) is 9.59 Å². The molecule has 0 aliphatic heterocycles. The fraction of sp³-hybridized carbons (Fsp3) is 0.857. The molecule has 0 aromatic heterocycles. The van der Waals surface area contributed by atoms with E-state index in [0.717, 1.165) is 19.3 Å². The number of rotatable bonds is 4. The smallest absolute Gasteiger partial charge is 0.317 e. The zero-order chi connectivity index (χ0) is 14.6. The molecule has 0 bridgehead atoms. The number of nitrogens with one attached hydrogen (secondary N) is 1. The minimum Gasteiger partial charge on any atom is -0.481 e. The molecule has 2 unspecified atom stereocenters. The molecular formula is C14H26N2O3. The maximum absolute atomic E-state index is 12.0. The van der Waals surface area contributed by atoms with Crippen molar-refractivity contribution in [3.05, 3.63) is 0 Å². The number of carbonyl (C=O) groups excluding carboxylic acids is 1. The van der Waals surface area contributed by atoms with Gasteiger partial charge in [-0.15, -0.1) is 0 Å². The maximum atomic E-state index is 12.0.